The molecule has 1 rings (SSSR count). The summed E-state index contributed by atoms with van der Waals surface area (Å²) in [4.78, 5) is 3.66. The molecule has 7 nitrogen and oxygen atoms in total. The van der Waals surface area contributed by atoms with Crippen LogP contribution < -0.4 is 5.73 Å². The van der Waals surface area contributed by atoms with Crippen LogP contribution in [0.15, 0.2) is 23.4 Å². The minimum Gasteiger partial charge on any atom is -0.398 e. The molecule has 0 saturated carbocycles. The van der Waals surface area contributed by atoms with E-state index < -0.39 is 16.1 Å². The molecule has 0 aliphatic carbocycles. The lowest BCUT2D eigenvalue weighted by Crippen LogP contribution is -2.36. The molecule has 0 spiro atoms. The second-order valence-electron chi connectivity index (χ2n) is 3.81. The van der Waals surface area contributed by atoms with Gasteiger partial charge in [-0.15, -0.1) is 0 Å². The van der Waals surface area contributed by atoms with Gasteiger partial charge in [-0.2, -0.15) is 4.31 Å². The van der Waals surface area contributed by atoms with Crippen LogP contribution in [0.3, 0.4) is 0 Å². The zero-order valence-corrected chi connectivity index (χ0v) is 11.1. The first kappa shape index (κ1) is 14.8. The van der Waals surface area contributed by atoms with Crippen molar-refractivity contribution >= 4 is 15.7 Å². The number of hydrogen-bond acceptors (Lipinski definition) is 6. The molecule has 0 radical (unpaired) electrons. The van der Waals surface area contributed by atoms with E-state index in [0.29, 0.717) is 0 Å². The molecule has 1 unspecified atom stereocenters. The van der Waals surface area contributed by atoms with Gasteiger partial charge in [-0.3, -0.25) is 4.98 Å². The lowest BCUT2D eigenvalue weighted by Gasteiger charge is -2.20. The molecular formula is C10H17N3O4S. The number of ether oxygens (including phenoxy) is 1. The first-order valence-electron chi connectivity index (χ1n) is 5.22. The van der Waals surface area contributed by atoms with Crippen LogP contribution in [0, 0.1) is 0 Å². The Hall–Kier alpha value is -1.22. The molecule has 0 aliphatic rings. The first-order valence-corrected chi connectivity index (χ1v) is 6.66. The third-order valence-corrected chi connectivity index (χ3v) is 4.20. The summed E-state index contributed by atoms with van der Waals surface area (Å²) in [6, 6.07) is 1.41. The van der Waals surface area contributed by atoms with Crippen molar-refractivity contribution in [3.8, 4) is 0 Å². The number of likely N-dealkylation sites (N-methyl/N-ethyl adjacent to an activating group) is 1. The van der Waals surface area contributed by atoms with E-state index in [1.54, 1.807) is 0 Å². The Bertz CT molecular complexity index is 492. The predicted molar refractivity (Wildman–Crippen MR) is 66.3 cm³/mol. The molecule has 0 saturated heterocycles. The van der Waals surface area contributed by atoms with E-state index in [4.69, 9.17) is 10.5 Å². The van der Waals surface area contributed by atoms with Crippen LogP contribution >= 0.6 is 0 Å². The molecule has 8 heteroatoms. The Morgan fingerprint density at radius 3 is 2.83 bits per heavy atom. The smallest absolute Gasteiger partial charge is 0.246 e. The fourth-order valence-corrected chi connectivity index (χ4v) is 2.68. The molecule has 1 aromatic rings. The number of aliphatic hydroxyl groups is 1. The Kier molecular flexibility index (Phi) is 5.03. The number of anilines is 1. The lowest BCUT2D eigenvalue weighted by molar-refractivity contribution is 0.0554. The number of pyridine rings is 1. The topological polar surface area (TPSA) is 106 Å². The molecule has 3 N–H and O–H groups in total. The van der Waals surface area contributed by atoms with Gasteiger partial charge in [0, 0.05) is 33.1 Å². The van der Waals surface area contributed by atoms with Gasteiger partial charge in [0.1, 0.15) is 4.90 Å². The Labute approximate surface area is 106 Å². The average Bonchev–Trinajstić information content (AvgIpc) is 2.29. The summed E-state index contributed by atoms with van der Waals surface area (Å²) in [7, 11) is -0.964. The van der Waals surface area contributed by atoms with E-state index in [-0.39, 0.29) is 23.7 Å². The molecule has 18 heavy (non-hydrogen) atoms. The van der Waals surface area contributed by atoms with Crippen molar-refractivity contribution in [3.05, 3.63) is 18.5 Å². The fraction of sp³-hybridized carbons (Fsp3) is 0.500. The van der Waals surface area contributed by atoms with Crippen molar-refractivity contribution in [3.63, 3.8) is 0 Å². The number of methoxy groups -OCH3 is 1. The molecule has 1 atom stereocenters. The Balaban J connectivity index is 2.90. The maximum absolute atomic E-state index is 12.1. The molecular weight excluding hydrogens is 258 g/mol. The van der Waals surface area contributed by atoms with E-state index in [1.165, 1.54) is 32.6 Å². The number of aromatic nitrogens is 1. The molecule has 0 fully saturated rings. The van der Waals surface area contributed by atoms with Crippen molar-refractivity contribution < 1.29 is 18.3 Å². The van der Waals surface area contributed by atoms with Crippen LogP contribution in [0.5, 0.6) is 0 Å². The molecule has 1 aromatic heterocycles. The van der Waals surface area contributed by atoms with Crippen LogP contribution in [0.4, 0.5) is 5.69 Å². The lowest BCUT2D eigenvalue weighted by atomic mass is 10.4. The van der Waals surface area contributed by atoms with Gasteiger partial charge >= 0.3 is 0 Å². The number of hydrogen-bond donors (Lipinski definition) is 2. The maximum atomic E-state index is 12.1. The third kappa shape index (κ3) is 3.39. The van der Waals surface area contributed by atoms with Gasteiger partial charge in [-0.05, 0) is 6.07 Å². The van der Waals surface area contributed by atoms with E-state index in [2.05, 4.69) is 4.98 Å². The van der Waals surface area contributed by atoms with Gasteiger partial charge in [0.15, 0.2) is 0 Å². The van der Waals surface area contributed by atoms with Crippen LogP contribution in [0.25, 0.3) is 0 Å². The highest BCUT2D eigenvalue weighted by Gasteiger charge is 2.25. The van der Waals surface area contributed by atoms with Crippen LogP contribution in [0.1, 0.15) is 0 Å². The predicted octanol–water partition coefficient (Wildman–Crippen LogP) is -0.708. The first-order chi connectivity index (χ1) is 8.39. The van der Waals surface area contributed by atoms with Crippen molar-refractivity contribution in [2.75, 3.05) is 33.0 Å². The molecule has 0 aromatic carbocycles. The minimum atomic E-state index is -3.75. The second-order valence-corrected chi connectivity index (χ2v) is 5.82. The van der Waals surface area contributed by atoms with Crippen molar-refractivity contribution in [1.82, 2.24) is 9.29 Å². The van der Waals surface area contributed by atoms with E-state index >= 15 is 0 Å². The van der Waals surface area contributed by atoms with E-state index in [9.17, 15) is 13.5 Å². The minimum absolute atomic E-state index is 0.0579. The van der Waals surface area contributed by atoms with Crippen molar-refractivity contribution in [2.24, 2.45) is 0 Å². The number of aliphatic hydroxyl groups excluding tert-OH is 1. The van der Waals surface area contributed by atoms with Crippen molar-refractivity contribution in [2.45, 2.75) is 11.0 Å². The number of nitrogens with zero attached hydrogens (tertiary/aromatic N) is 2. The summed E-state index contributed by atoms with van der Waals surface area (Å²) in [6.07, 6.45) is 1.70. The Morgan fingerprint density at radius 1 is 1.61 bits per heavy atom. The molecule has 0 bridgehead atoms. The zero-order valence-electron chi connectivity index (χ0n) is 10.3. The van der Waals surface area contributed by atoms with Crippen LogP contribution in [0.2, 0.25) is 0 Å². The third-order valence-electron chi connectivity index (χ3n) is 2.33. The number of nitrogens with two attached hydrogens (primary N) is 1. The van der Waals surface area contributed by atoms with Gasteiger partial charge in [0.2, 0.25) is 10.0 Å². The molecule has 1 heterocycles. The van der Waals surface area contributed by atoms with Crippen molar-refractivity contribution in [1.29, 1.82) is 0 Å². The zero-order chi connectivity index (χ0) is 13.8. The highest BCUT2D eigenvalue weighted by atomic mass is 32.2. The molecule has 102 valence electrons. The van der Waals surface area contributed by atoms with Crippen LogP contribution in [-0.2, 0) is 14.8 Å². The quantitative estimate of drug-likeness (QED) is 0.710. The highest BCUT2D eigenvalue weighted by molar-refractivity contribution is 7.89. The monoisotopic (exact) mass is 275 g/mol. The molecule has 0 aliphatic heterocycles. The van der Waals surface area contributed by atoms with Gasteiger partial charge < -0.3 is 15.6 Å². The summed E-state index contributed by atoms with van der Waals surface area (Å²) >= 11 is 0. The van der Waals surface area contributed by atoms with E-state index in [0.717, 1.165) is 4.31 Å². The molecule has 0 amide bonds. The Morgan fingerprint density at radius 2 is 2.28 bits per heavy atom. The summed E-state index contributed by atoms with van der Waals surface area (Å²) in [5.74, 6) is 0. The normalized spacial score (nSPS) is 13.8. The summed E-state index contributed by atoms with van der Waals surface area (Å²) in [5.41, 5.74) is 5.72. The average molecular weight is 275 g/mol. The number of sulfonamides is 1. The van der Waals surface area contributed by atoms with Gasteiger partial charge in [-0.1, -0.05) is 0 Å². The highest BCUT2D eigenvalue weighted by Crippen LogP contribution is 2.19. The number of rotatable bonds is 6. The van der Waals surface area contributed by atoms with Gasteiger partial charge in [-0.25, -0.2) is 8.42 Å². The maximum Gasteiger partial charge on any atom is 0.246 e. The van der Waals surface area contributed by atoms with Gasteiger partial charge in [0.05, 0.1) is 18.4 Å². The number of nitrogen functional groups attached to an aromatic ring is 1. The SMILES string of the molecule is COCC(O)CN(C)S(=O)(=O)c1cnccc1N. The largest absolute Gasteiger partial charge is 0.398 e. The summed E-state index contributed by atoms with van der Waals surface area (Å²) in [5, 5.41) is 9.52. The summed E-state index contributed by atoms with van der Waals surface area (Å²) in [6.45, 7) is -0.0209. The second kappa shape index (κ2) is 6.10. The van der Waals surface area contributed by atoms with E-state index in [1.807, 2.05) is 0 Å². The summed E-state index contributed by atoms with van der Waals surface area (Å²) < 4.78 is 30.0. The van der Waals surface area contributed by atoms with Crippen LogP contribution in [-0.4, -0.2) is 56.2 Å². The standard InChI is InChI=1S/C10H17N3O4S/c1-13(6-8(14)7-17-2)18(15,16)10-5-12-4-3-9(10)11/h3-5,8,14H,6-7H2,1-2H3,(H2,11,12). The van der Waals surface area contributed by atoms with Gasteiger partial charge in [0.25, 0.3) is 0 Å². The fourth-order valence-electron chi connectivity index (χ4n) is 1.41.